The number of thiophene rings is 1. The van der Waals surface area contributed by atoms with E-state index in [9.17, 15) is 4.79 Å². The second-order valence-electron chi connectivity index (χ2n) is 6.56. The van der Waals surface area contributed by atoms with Crippen molar-refractivity contribution in [2.75, 3.05) is 19.6 Å². The highest BCUT2D eigenvalue weighted by atomic mass is 32.1. The van der Waals surface area contributed by atoms with Crippen LogP contribution in [-0.2, 0) is 0 Å². The first-order valence-corrected chi connectivity index (χ1v) is 9.74. The van der Waals surface area contributed by atoms with Gasteiger partial charge in [-0.3, -0.25) is 9.69 Å². The SMILES string of the molecule is Cc1ccc(C(CNC(=O)c2cccs2)N2CCCCCC2)cc1. The third-order valence-corrected chi connectivity index (χ3v) is 5.61. The van der Waals surface area contributed by atoms with Gasteiger partial charge >= 0.3 is 0 Å². The van der Waals surface area contributed by atoms with Crippen LogP contribution in [-0.4, -0.2) is 30.4 Å². The zero-order valence-electron chi connectivity index (χ0n) is 14.3. The van der Waals surface area contributed by atoms with Gasteiger partial charge in [0.1, 0.15) is 0 Å². The van der Waals surface area contributed by atoms with Crippen LogP contribution in [0.25, 0.3) is 0 Å². The number of aryl methyl sites for hydroxylation is 1. The van der Waals surface area contributed by atoms with Crippen LogP contribution >= 0.6 is 11.3 Å². The van der Waals surface area contributed by atoms with E-state index in [1.54, 1.807) is 0 Å². The molecule has 1 aliphatic rings. The molecule has 1 unspecified atom stereocenters. The molecule has 3 rings (SSSR count). The van der Waals surface area contributed by atoms with Crippen LogP contribution < -0.4 is 5.32 Å². The Morgan fingerprint density at radius 3 is 2.46 bits per heavy atom. The molecule has 0 radical (unpaired) electrons. The van der Waals surface area contributed by atoms with Gasteiger partial charge in [-0.2, -0.15) is 0 Å². The molecular formula is C20H26N2OS. The molecule has 3 nitrogen and oxygen atoms in total. The van der Waals surface area contributed by atoms with E-state index >= 15 is 0 Å². The molecule has 1 N–H and O–H groups in total. The van der Waals surface area contributed by atoms with Crippen LogP contribution in [0.5, 0.6) is 0 Å². The molecule has 1 aromatic heterocycles. The molecule has 4 heteroatoms. The Morgan fingerprint density at radius 1 is 1.12 bits per heavy atom. The van der Waals surface area contributed by atoms with E-state index < -0.39 is 0 Å². The Hall–Kier alpha value is -1.65. The predicted octanol–water partition coefficient (Wildman–Crippen LogP) is 4.40. The third kappa shape index (κ3) is 4.46. The molecule has 0 bridgehead atoms. The zero-order valence-corrected chi connectivity index (χ0v) is 15.1. The summed E-state index contributed by atoms with van der Waals surface area (Å²) in [5, 5.41) is 5.09. The maximum Gasteiger partial charge on any atom is 0.261 e. The fraction of sp³-hybridized carbons (Fsp3) is 0.450. The number of likely N-dealkylation sites (tertiary alicyclic amines) is 1. The third-order valence-electron chi connectivity index (χ3n) is 4.74. The number of nitrogens with one attached hydrogen (secondary N) is 1. The van der Waals surface area contributed by atoms with E-state index in [1.807, 2.05) is 17.5 Å². The predicted molar refractivity (Wildman–Crippen MR) is 101 cm³/mol. The van der Waals surface area contributed by atoms with Gasteiger partial charge in [-0.15, -0.1) is 11.3 Å². The summed E-state index contributed by atoms with van der Waals surface area (Å²) < 4.78 is 0. The molecule has 0 spiro atoms. The van der Waals surface area contributed by atoms with Crippen LogP contribution in [0, 0.1) is 6.92 Å². The van der Waals surface area contributed by atoms with E-state index in [-0.39, 0.29) is 11.9 Å². The smallest absolute Gasteiger partial charge is 0.261 e. The number of carbonyl (C=O) groups is 1. The summed E-state index contributed by atoms with van der Waals surface area (Å²) in [4.78, 5) is 15.7. The van der Waals surface area contributed by atoms with Crippen LogP contribution in [0.15, 0.2) is 41.8 Å². The van der Waals surface area contributed by atoms with Gasteiger partial charge in [0.05, 0.1) is 10.9 Å². The number of nitrogens with zero attached hydrogens (tertiary/aromatic N) is 1. The van der Waals surface area contributed by atoms with Crippen molar-refractivity contribution < 1.29 is 4.79 Å². The molecule has 2 aromatic rings. The average Bonchev–Trinajstić information content (AvgIpc) is 3.01. The van der Waals surface area contributed by atoms with E-state index in [2.05, 4.69) is 41.4 Å². The maximum absolute atomic E-state index is 12.3. The van der Waals surface area contributed by atoms with Crippen molar-refractivity contribution >= 4 is 17.2 Å². The first-order valence-electron chi connectivity index (χ1n) is 8.86. The summed E-state index contributed by atoms with van der Waals surface area (Å²) in [6.45, 7) is 5.02. The number of hydrogen-bond donors (Lipinski definition) is 1. The number of carbonyl (C=O) groups excluding carboxylic acids is 1. The zero-order chi connectivity index (χ0) is 16.8. The van der Waals surface area contributed by atoms with Crippen LogP contribution in [0.2, 0.25) is 0 Å². The van der Waals surface area contributed by atoms with Crippen LogP contribution in [0.4, 0.5) is 0 Å². The molecule has 24 heavy (non-hydrogen) atoms. The highest BCUT2D eigenvalue weighted by Crippen LogP contribution is 2.24. The first kappa shape index (κ1) is 17.2. The number of hydrogen-bond acceptors (Lipinski definition) is 3. The van der Waals surface area contributed by atoms with Crippen molar-refractivity contribution in [1.29, 1.82) is 0 Å². The average molecular weight is 343 g/mol. The van der Waals surface area contributed by atoms with Gasteiger partial charge in [0.15, 0.2) is 0 Å². The van der Waals surface area contributed by atoms with Crippen LogP contribution in [0.1, 0.15) is 52.5 Å². The second kappa shape index (κ2) is 8.45. The number of amides is 1. The summed E-state index contributed by atoms with van der Waals surface area (Å²) in [5.41, 5.74) is 2.57. The molecule has 0 saturated carbocycles. The summed E-state index contributed by atoms with van der Waals surface area (Å²) >= 11 is 1.49. The monoisotopic (exact) mass is 342 g/mol. The van der Waals surface area contributed by atoms with E-state index in [0.717, 1.165) is 18.0 Å². The maximum atomic E-state index is 12.3. The van der Waals surface area contributed by atoms with E-state index in [0.29, 0.717) is 6.54 Å². The summed E-state index contributed by atoms with van der Waals surface area (Å²) in [6, 6.07) is 12.8. The van der Waals surface area contributed by atoms with Gasteiger partial charge in [-0.25, -0.2) is 0 Å². The lowest BCUT2D eigenvalue weighted by Gasteiger charge is -2.31. The molecule has 2 heterocycles. The topological polar surface area (TPSA) is 32.3 Å². The van der Waals surface area contributed by atoms with E-state index in [1.165, 1.54) is 48.1 Å². The molecule has 1 aliphatic heterocycles. The Balaban J connectivity index is 1.73. The van der Waals surface area contributed by atoms with Crippen molar-refractivity contribution in [3.05, 3.63) is 57.8 Å². The molecule has 1 aromatic carbocycles. The highest BCUT2D eigenvalue weighted by molar-refractivity contribution is 7.12. The highest BCUT2D eigenvalue weighted by Gasteiger charge is 2.22. The molecule has 1 amide bonds. The Bertz CT molecular complexity index is 628. The van der Waals surface area contributed by atoms with Gasteiger partial charge in [0.25, 0.3) is 5.91 Å². The largest absolute Gasteiger partial charge is 0.349 e. The summed E-state index contributed by atoms with van der Waals surface area (Å²) in [5.74, 6) is 0.0388. The molecular weight excluding hydrogens is 316 g/mol. The molecule has 128 valence electrons. The van der Waals surface area contributed by atoms with E-state index in [4.69, 9.17) is 0 Å². The van der Waals surface area contributed by atoms with Gasteiger partial charge in [0, 0.05) is 6.54 Å². The van der Waals surface area contributed by atoms with Crippen LogP contribution in [0.3, 0.4) is 0 Å². The van der Waals surface area contributed by atoms with Crippen molar-refractivity contribution in [2.45, 2.75) is 38.6 Å². The summed E-state index contributed by atoms with van der Waals surface area (Å²) in [7, 11) is 0. The van der Waals surface area contributed by atoms with Crippen molar-refractivity contribution in [1.82, 2.24) is 10.2 Å². The fourth-order valence-electron chi connectivity index (χ4n) is 3.34. The normalized spacial score (nSPS) is 17.2. The quantitative estimate of drug-likeness (QED) is 0.873. The molecule has 1 fully saturated rings. The Kier molecular flexibility index (Phi) is 6.05. The van der Waals surface area contributed by atoms with Crippen molar-refractivity contribution in [3.63, 3.8) is 0 Å². The van der Waals surface area contributed by atoms with Crippen molar-refractivity contribution in [3.8, 4) is 0 Å². The second-order valence-corrected chi connectivity index (χ2v) is 7.51. The molecule has 1 atom stereocenters. The Morgan fingerprint density at radius 2 is 1.83 bits per heavy atom. The summed E-state index contributed by atoms with van der Waals surface area (Å²) in [6.07, 6.45) is 5.14. The van der Waals surface area contributed by atoms with Crippen molar-refractivity contribution in [2.24, 2.45) is 0 Å². The number of benzene rings is 1. The molecule has 1 saturated heterocycles. The minimum atomic E-state index is 0.0388. The van der Waals surface area contributed by atoms with Gasteiger partial charge in [-0.1, -0.05) is 48.7 Å². The minimum Gasteiger partial charge on any atom is -0.349 e. The van der Waals surface area contributed by atoms with Gasteiger partial charge in [-0.05, 0) is 49.9 Å². The Labute approximate surface area is 148 Å². The van der Waals surface area contributed by atoms with Gasteiger partial charge < -0.3 is 5.32 Å². The lowest BCUT2D eigenvalue weighted by atomic mass is 10.0. The number of rotatable bonds is 5. The lowest BCUT2D eigenvalue weighted by molar-refractivity contribution is 0.0937. The minimum absolute atomic E-state index is 0.0388. The first-order chi connectivity index (χ1) is 11.7. The lowest BCUT2D eigenvalue weighted by Crippen LogP contribution is -2.38. The fourth-order valence-corrected chi connectivity index (χ4v) is 3.98. The molecule has 0 aliphatic carbocycles. The standard InChI is InChI=1S/C20H26N2OS/c1-16-8-10-17(11-9-16)18(22-12-4-2-3-5-13-22)15-21-20(23)19-7-6-14-24-19/h6-11,14,18H,2-5,12-13,15H2,1H3,(H,21,23). The van der Waals surface area contributed by atoms with Gasteiger partial charge in [0.2, 0.25) is 0 Å².